The lowest BCUT2D eigenvalue weighted by Crippen LogP contribution is -2.26. The Hall–Kier alpha value is -1.06. The molecule has 1 aromatic rings. The van der Waals surface area contributed by atoms with Crippen molar-refractivity contribution in [1.29, 1.82) is 0 Å². The van der Waals surface area contributed by atoms with Gasteiger partial charge in [0.15, 0.2) is 0 Å². The van der Waals surface area contributed by atoms with E-state index in [1.165, 1.54) is 5.56 Å². The molecular weight excluding hydrogens is 238 g/mol. The van der Waals surface area contributed by atoms with Crippen LogP contribution < -0.4 is 10.1 Å². The van der Waals surface area contributed by atoms with Gasteiger partial charge >= 0.3 is 0 Å². The number of rotatable bonds is 10. The van der Waals surface area contributed by atoms with Crippen molar-refractivity contribution in [3.8, 4) is 5.75 Å². The molecule has 0 aliphatic carbocycles. The smallest absolute Gasteiger partial charge is 0.119 e. The van der Waals surface area contributed by atoms with Crippen LogP contribution in [0, 0.1) is 0 Å². The maximum atomic E-state index is 5.69. The van der Waals surface area contributed by atoms with Gasteiger partial charge in [-0.25, -0.2) is 0 Å². The van der Waals surface area contributed by atoms with Gasteiger partial charge in [0.05, 0.1) is 19.3 Å². The number of hydrogen-bond donors (Lipinski definition) is 1. The average Bonchev–Trinajstić information content (AvgIpc) is 2.45. The molecule has 0 aromatic heterocycles. The molecule has 0 bridgehead atoms. The molecule has 3 nitrogen and oxygen atoms in total. The van der Waals surface area contributed by atoms with Crippen molar-refractivity contribution in [3.63, 3.8) is 0 Å². The van der Waals surface area contributed by atoms with Crippen molar-refractivity contribution in [2.24, 2.45) is 0 Å². The first-order valence-electron chi connectivity index (χ1n) is 7.35. The van der Waals surface area contributed by atoms with Crippen molar-refractivity contribution >= 4 is 0 Å². The SMILES string of the molecule is CCCNC(COCC)c1cccc(OCCC)c1. The quantitative estimate of drug-likeness (QED) is 0.701. The van der Waals surface area contributed by atoms with E-state index in [1.807, 2.05) is 19.1 Å². The van der Waals surface area contributed by atoms with Gasteiger partial charge in [-0.15, -0.1) is 0 Å². The lowest BCUT2D eigenvalue weighted by molar-refractivity contribution is 0.123. The maximum absolute atomic E-state index is 5.69. The standard InChI is InChI=1S/C16H27NO2/c1-4-10-17-16(13-18-6-3)14-8-7-9-15(12-14)19-11-5-2/h7-9,12,16-17H,4-6,10-11,13H2,1-3H3. The van der Waals surface area contributed by atoms with Crippen molar-refractivity contribution in [1.82, 2.24) is 5.32 Å². The van der Waals surface area contributed by atoms with Gasteiger partial charge in [0.1, 0.15) is 5.75 Å². The number of benzene rings is 1. The minimum Gasteiger partial charge on any atom is -0.494 e. The molecule has 0 saturated heterocycles. The summed E-state index contributed by atoms with van der Waals surface area (Å²) in [6.45, 7) is 9.53. The van der Waals surface area contributed by atoms with E-state index in [0.717, 1.165) is 38.3 Å². The molecule has 1 unspecified atom stereocenters. The van der Waals surface area contributed by atoms with Crippen LogP contribution in [0.3, 0.4) is 0 Å². The summed E-state index contributed by atoms with van der Waals surface area (Å²) in [6, 6.07) is 8.54. The van der Waals surface area contributed by atoms with Crippen LogP contribution in [0.2, 0.25) is 0 Å². The summed E-state index contributed by atoms with van der Waals surface area (Å²) in [5, 5.41) is 3.52. The van der Waals surface area contributed by atoms with Gasteiger partial charge in [-0.05, 0) is 44.0 Å². The molecule has 0 heterocycles. The highest BCUT2D eigenvalue weighted by Gasteiger charge is 2.11. The van der Waals surface area contributed by atoms with E-state index < -0.39 is 0 Å². The zero-order valence-corrected chi connectivity index (χ0v) is 12.4. The van der Waals surface area contributed by atoms with E-state index in [4.69, 9.17) is 9.47 Å². The Labute approximate surface area is 117 Å². The first-order chi connectivity index (χ1) is 9.31. The molecule has 0 radical (unpaired) electrons. The molecule has 0 spiro atoms. The highest BCUT2D eigenvalue weighted by molar-refractivity contribution is 5.30. The molecule has 1 N–H and O–H groups in total. The minimum atomic E-state index is 0.241. The molecule has 0 aliphatic heterocycles. The molecule has 0 saturated carbocycles. The van der Waals surface area contributed by atoms with E-state index in [-0.39, 0.29) is 6.04 Å². The van der Waals surface area contributed by atoms with Crippen molar-refractivity contribution < 1.29 is 9.47 Å². The number of hydrogen-bond acceptors (Lipinski definition) is 3. The molecule has 0 aliphatic rings. The largest absolute Gasteiger partial charge is 0.494 e. The molecule has 1 atom stereocenters. The fourth-order valence-corrected chi connectivity index (χ4v) is 1.87. The van der Waals surface area contributed by atoms with Crippen LogP contribution in [0.5, 0.6) is 5.75 Å². The molecule has 19 heavy (non-hydrogen) atoms. The Morgan fingerprint density at radius 2 is 2.00 bits per heavy atom. The summed E-state index contributed by atoms with van der Waals surface area (Å²) in [5.41, 5.74) is 1.23. The molecule has 0 fully saturated rings. The third kappa shape index (κ3) is 6.08. The van der Waals surface area contributed by atoms with Crippen molar-refractivity contribution in [2.75, 3.05) is 26.4 Å². The molecule has 1 rings (SSSR count). The van der Waals surface area contributed by atoms with E-state index >= 15 is 0 Å². The zero-order chi connectivity index (χ0) is 13.9. The highest BCUT2D eigenvalue weighted by atomic mass is 16.5. The second-order valence-corrected chi connectivity index (χ2v) is 4.59. The monoisotopic (exact) mass is 265 g/mol. The zero-order valence-electron chi connectivity index (χ0n) is 12.4. The Balaban J connectivity index is 2.69. The molecule has 0 amide bonds. The predicted octanol–water partition coefficient (Wildman–Crippen LogP) is 3.55. The lowest BCUT2D eigenvalue weighted by atomic mass is 10.1. The molecule has 108 valence electrons. The van der Waals surface area contributed by atoms with Crippen molar-refractivity contribution in [2.45, 2.75) is 39.7 Å². The normalized spacial score (nSPS) is 12.4. The van der Waals surface area contributed by atoms with Crippen LogP contribution in [0.25, 0.3) is 0 Å². The van der Waals surface area contributed by atoms with Gasteiger partial charge in [-0.1, -0.05) is 26.0 Å². The van der Waals surface area contributed by atoms with Gasteiger partial charge < -0.3 is 14.8 Å². The Morgan fingerprint density at radius 3 is 2.68 bits per heavy atom. The van der Waals surface area contributed by atoms with E-state index in [0.29, 0.717) is 6.61 Å². The third-order valence-electron chi connectivity index (χ3n) is 2.86. The fraction of sp³-hybridized carbons (Fsp3) is 0.625. The van der Waals surface area contributed by atoms with Gasteiger partial charge in [-0.3, -0.25) is 0 Å². The third-order valence-corrected chi connectivity index (χ3v) is 2.86. The fourth-order valence-electron chi connectivity index (χ4n) is 1.87. The predicted molar refractivity (Wildman–Crippen MR) is 79.8 cm³/mol. The van der Waals surface area contributed by atoms with Crippen LogP contribution in [0.4, 0.5) is 0 Å². The van der Waals surface area contributed by atoms with Crippen LogP contribution in [0.15, 0.2) is 24.3 Å². The van der Waals surface area contributed by atoms with Crippen molar-refractivity contribution in [3.05, 3.63) is 29.8 Å². The summed E-state index contributed by atoms with van der Waals surface area (Å²) >= 11 is 0. The summed E-state index contributed by atoms with van der Waals surface area (Å²) in [7, 11) is 0. The molecule has 1 aromatic carbocycles. The summed E-state index contributed by atoms with van der Waals surface area (Å²) < 4.78 is 11.3. The van der Waals surface area contributed by atoms with Crippen LogP contribution in [0.1, 0.15) is 45.2 Å². The Bertz CT molecular complexity index is 333. The molecule has 3 heteroatoms. The second kappa shape index (κ2) is 9.82. The second-order valence-electron chi connectivity index (χ2n) is 4.59. The minimum absolute atomic E-state index is 0.241. The molecular formula is C16H27NO2. The van der Waals surface area contributed by atoms with E-state index in [1.54, 1.807) is 0 Å². The van der Waals surface area contributed by atoms with Crippen LogP contribution in [-0.2, 0) is 4.74 Å². The van der Waals surface area contributed by atoms with Gasteiger partial charge in [0.25, 0.3) is 0 Å². The number of ether oxygens (including phenoxy) is 2. The highest BCUT2D eigenvalue weighted by Crippen LogP contribution is 2.20. The van der Waals surface area contributed by atoms with Crippen LogP contribution >= 0.6 is 0 Å². The Morgan fingerprint density at radius 1 is 1.16 bits per heavy atom. The lowest BCUT2D eigenvalue weighted by Gasteiger charge is -2.19. The van der Waals surface area contributed by atoms with Gasteiger partial charge in [0.2, 0.25) is 0 Å². The summed E-state index contributed by atoms with van der Waals surface area (Å²) in [4.78, 5) is 0. The Kier molecular flexibility index (Phi) is 8.26. The average molecular weight is 265 g/mol. The summed E-state index contributed by atoms with van der Waals surface area (Å²) in [5.74, 6) is 0.944. The topological polar surface area (TPSA) is 30.5 Å². The van der Waals surface area contributed by atoms with Gasteiger partial charge in [0, 0.05) is 6.61 Å². The first-order valence-corrected chi connectivity index (χ1v) is 7.35. The number of nitrogens with one attached hydrogen (secondary N) is 1. The first kappa shape index (κ1) is 16.0. The van der Waals surface area contributed by atoms with E-state index in [9.17, 15) is 0 Å². The van der Waals surface area contributed by atoms with Crippen LogP contribution in [-0.4, -0.2) is 26.4 Å². The summed E-state index contributed by atoms with van der Waals surface area (Å²) in [6.07, 6.45) is 2.15. The van der Waals surface area contributed by atoms with E-state index in [2.05, 4.69) is 31.3 Å². The van der Waals surface area contributed by atoms with Gasteiger partial charge in [-0.2, -0.15) is 0 Å². The maximum Gasteiger partial charge on any atom is 0.119 e.